The molecule has 0 radical (unpaired) electrons. The summed E-state index contributed by atoms with van der Waals surface area (Å²) in [5, 5.41) is 8.35. The first-order valence-electron chi connectivity index (χ1n) is 6.66. The van der Waals surface area contributed by atoms with Crippen molar-refractivity contribution in [2.75, 3.05) is 44.2 Å². The first-order valence-corrected chi connectivity index (χ1v) is 6.66. The molecule has 5 heteroatoms. The highest BCUT2D eigenvalue weighted by molar-refractivity contribution is 5.37. The van der Waals surface area contributed by atoms with Crippen molar-refractivity contribution in [2.45, 2.75) is 13.8 Å². The van der Waals surface area contributed by atoms with Crippen molar-refractivity contribution in [2.24, 2.45) is 11.7 Å². The number of aromatic nitrogens is 2. The largest absolute Gasteiger partial charge is 0.353 e. The molecule has 0 aliphatic carbocycles. The van der Waals surface area contributed by atoms with Gasteiger partial charge in [0.2, 0.25) is 0 Å². The Morgan fingerprint density at radius 2 is 1.94 bits per heavy atom. The maximum Gasteiger partial charge on any atom is 0.151 e. The minimum Gasteiger partial charge on any atom is -0.353 e. The van der Waals surface area contributed by atoms with Crippen LogP contribution in [0.1, 0.15) is 12.6 Å². The summed E-state index contributed by atoms with van der Waals surface area (Å²) in [4.78, 5) is 4.78. The molecule has 1 aliphatic rings. The Morgan fingerprint density at radius 1 is 1.22 bits per heavy atom. The Hall–Kier alpha value is -1.20. The van der Waals surface area contributed by atoms with Crippen LogP contribution >= 0.6 is 0 Å². The third kappa shape index (κ3) is 3.40. The minimum atomic E-state index is 0.579. The molecule has 2 heterocycles. The van der Waals surface area contributed by atoms with Crippen molar-refractivity contribution in [3.63, 3.8) is 0 Å². The first-order chi connectivity index (χ1) is 8.69. The van der Waals surface area contributed by atoms with Crippen molar-refractivity contribution in [1.82, 2.24) is 15.1 Å². The van der Waals surface area contributed by atoms with Gasteiger partial charge in [0.15, 0.2) is 5.82 Å². The SMILES string of the molecule is Cc1ccc(N2CCN(CC(C)CN)CC2)nn1. The number of hydrogen-bond acceptors (Lipinski definition) is 5. The molecule has 100 valence electrons. The molecule has 18 heavy (non-hydrogen) atoms. The zero-order chi connectivity index (χ0) is 13.0. The number of anilines is 1. The molecule has 1 fully saturated rings. The van der Waals surface area contributed by atoms with Gasteiger partial charge in [-0.15, -0.1) is 5.10 Å². The minimum absolute atomic E-state index is 0.579. The van der Waals surface area contributed by atoms with Gasteiger partial charge < -0.3 is 10.6 Å². The second-order valence-corrected chi connectivity index (χ2v) is 5.16. The summed E-state index contributed by atoms with van der Waals surface area (Å²) >= 11 is 0. The van der Waals surface area contributed by atoms with Gasteiger partial charge in [0.1, 0.15) is 0 Å². The average molecular weight is 249 g/mol. The molecule has 5 nitrogen and oxygen atoms in total. The first kappa shape index (κ1) is 13.2. The lowest BCUT2D eigenvalue weighted by Crippen LogP contribution is -2.48. The van der Waals surface area contributed by atoms with E-state index in [0.717, 1.165) is 50.8 Å². The van der Waals surface area contributed by atoms with Crippen LogP contribution in [0, 0.1) is 12.8 Å². The molecule has 1 unspecified atom stereocenters. The summed E-state index contributed by atoms with van der Waals surface area (Å²) in [6, 6.07) is 4.08. The number of aryl methyl sites for hydroxylation is 1. The Labute approximate surface area is 109 Å². The molecule has 1 aliphatic heterocycles. The topological polar surface area (TPSA) is 58.3 Å². The van der Waals surface area contributed by atoms with Crippen molar-refractivity contribution in [3.05, 3.63) is 17.8 Å². The number of nitrogens with zero attached hydrogens (tertiary/aromatic N) is 4. The normalized spacial score (nSPS) is 18.9. The lowest BCUT2D eigenvalue weighted by Gasteiger charge is -2.36. The van der Waals surface area contributed by atoms with E-state index in [-0.39, 0.29) is 0 Å². The van der Waals surface area contributed by atoms with Gasteiger partial charge in [0.05, 0.1) is 5.69 Å². The smallest absolute Gasteiger partial charge is 0.151 e. The van der Waals surface area contributed by atoms with Gasteiger partial charge in [-0.2, -0.15) is 5.10 Å². The van der Waals surface area contributed by atoms with E-state index in [4.69, 9.17) is 5.73 Å². The summed E-state index contributed by atoms with van der Waals surface area (Å²) in [7, 11) is 0. The van der Waals surface area contributed by atoms with E-state index in [1.165, 1.54) is 0 Å². The van der Waals surface area contributed by atoms with Gasteiger partial charge in [-0.1, -0.05) is 6.92 Å². The van der Waals surface area contributed by atoms with Crippen LogP contribution in [-0.4, -0.2) is 54.4 Å². The molecule has 1 aromatic heterocycles. The molecule has 0 bridgehead atoms. The summed E-state index contributed by atoms with van der Waals surface area (Å²) in [5.74, 6) is 1.57. The predicted octanol–water partition coefficient (Wildman–Crippen LogP) is 0.502. The van der Waals surface area contributed by atoms with Crippen LogP contribution in [0.3, 0.4) is 0 Å². The molecule has 0 spiro atoms. The Kier molecular flexibility index (Phi) is 4.49. The molecule has 0 amide bonds. The molecule has 0 saturated carbocycles. The van der Waals surface area contributed by atoms with E-state index in [1.807, 2.05) is 13.0 Å². The fraction of sp³-hybridized carbons (Fsp3) is 0.692. The third-order valence-electron chi connectivity index (χ3n) is 3.45. The fourth-order valence-electron chi connectivity index (χ4n) is 2.24. The van der Waals surface area contributed by atoms with E-state index in [1.54, 1.807) is 0 Å². The van der Waals surface area contributed by atoms with E-state index >= 15 is 0 Å². The molecular formula is C13H23N5. The summed E-state index contributed by atoms with van der Waals surface area (Å²) in [5.41, 5.74) is 6.63. The molecule has 0 aromatic carbocycles. The molecule has 2 rings (SSSR count). The van der Waals surface area contributed by atoms with Gasteiger partial charge in [-0.25, -0.2) is 0 Å². The van der Waals surface area contributed by atoms with Gasteiger partial charge in [-0.05, 0) is 31.5 Å². The Morgan fingerprint density at radius 3 is 2.50 bits per heavy atom. The zero-order valence-corrected chi connectivity index (χ0v) is 11.3. The van der Waals surface area contributed by atoms with Crippen molar-refractivity contribution in [3.8, 4) is 0 Å². The standard InChI is InChI=1S/C13H23N5/c1-11(9-14)10-17-5-7-18(8-6-17)13-4-3-12(2)15-16-13/h3-4,11H,5-10,14H2,1-2H3. The van der Waals surface area contributed by atoms with E-state index in [2.05, 4.69) is 33.0 Å². The molecule has 1 aromatic rings. The van der Waals surface area contributed by atoms with Crippen molar-refractivity contribution >= 4 is 5.82 Å². The third-order valence-corrected chi connectivity index (χ3v) is 3.45. The lowest BCUT2D eigenvalue weighted by molar-refractivity contribution is 0.226. The van der Waals surface area contributed by atoms with Crippen LogP contribution in [0.2, 0.25) is 0 Å². The maximum absolute atomic E-state index is 5.67. The quantitative estimate of drug-likeness (QED) is 0.842. The predicted molar refractivity (Wildman–Crippen MR) is 73.6 cm³/mol. The Balaban J connectivity index is 1.84. The van der Waals surface area contributed by atoms with Gasteiger partial charge in [-0.3, -0.25) is 4.90 Å². The summed E-state index contributed by atoms with van der Waals surface area (Å²) in [6.45, 7) is 10.2. The summed E-state index contributed by atoms with van der Waals surface area (Å²) < 4.78 is 0. The lowest BCUT2D eigenvalue weighted by atomic mass is 10.1. The van der Waals surface area contributed by atoms with Gasteiger partial charge in [0, 0.05) is 32.7 Å². The van der Waals surface area contributed by atoms with Crippen LogP contribution in [-0.2, 0) is 0 Å². The Bertz CT molecular complexity index is 356. The number of rotatable bonds is 4. The van der Waals surface area contributed by atoms with E-state index < -0.39 is 0 Å². The second kappa shape index (κ2) is 6.11. The van der Waals surface area contributed by atoms with Crippen molar-refractivity contribution in [1.29, 1.82) is 0 Å². The highest BCUT2D eigenvalue weighted by atomic mass is 15.3. The van der Waals surface area contributed by atoms with Gasteiger partial charge >= 0.3 is 0 Å². The summed E-state index contributed by atoms with van der Waals surface area (Å²) in [6.07, 6.45) is 0. The van der Waals surface area contributed by atoms with Crippen molar-refractivity contribution < 1.29 is 0 Å². The number of piperazine rings is 1. The molecular weight excluding hydrogens is 226 g/mol. The zero-order valence-electron chi connectivity index (χ0n) is 11.3. The van der Waals surface area contributed by atoms with Crippen LogP contribution in [0.25, 0.3) is 0 Å². The van der Waals surface area contributed by atoms with E-state index in [0.29, 0.717) is 5.92 Å². The molecule has 1 atom stereocenters. The van der Waals surface area contributed by atoms with E-state index in [9.17, 15) is 0 Å². The highest BCUT2D eigenvalue weighted by Crippen LogP contribution is 2.13. The molecule has 1 saturated heterocycles. The van der Waals surface area contributed by atoms with Gasteiger partial charge in [0.25, 0.3) is 0 Å². The highest BCUT2D eigenvalue weighted by Gasteiger charge is 2.19. The van der Waals surface area contributed by atoms with Crippen LogP contribution < -0.4 is 10.6 Å². The fourth-order valence-corrected chi connectivity index (χ4v) is 2.24. The second-order valence-electron chi connectivity index (χ2n) is 5.16. The molecule has 2 N–H and O–H groups in total. The van der Waals surface area contributed by atoms with Crippen LogP contribution in [0.5, 0.6) is 0 Å². The average Bonchev–Trinajstić information content (AvgIpc) is 2.40. The maximum atomic E-state index is 5.67. The van der Waals surface area contributed by atoms with Crippen LogP contribution in [0.4, 0.5) is 5.82 Å². The van der Waals surface area contributed by atoms with Crippen LogP contribution in [0.15, 0.2) is 12.1 Å². The number of nitrogens with two attached hydrogens (primary N) is 1. The number of hydrogen-bond donors (Lipinski definition) is 1. The monoisotopic (exact) mass is 249 g/mol.